The number of benzene rings is 3. The fourth-order valence-corrected chi connectivity index (χ4v) is 4.11. The van der Waals surface area contributed by atoms with Crippen molar-refractivity contribution in [3.63, 3.8) is 0 Å². The molecule has 1 amide bonds. The number of hydrogen-bond donors (Lipinski definition) is 3. The Balaban J connectivity index is 1.79. The molecule has 0 saturated carbocycles. The molecule has 0 radical (unpaired) electrons. The van der Waals surface area contributed by atoms with Crippen LogP contribution in [0, 0.1) is 11.2 Å². The number of aromatic nitrogens is 1. The van der Waals surface area contributed by atoms with E-state index in [1.807, 2.05) is 83.4 Å². The highest BCUT2D eigenvalue weighted by atomic mass is 19.1. The molecular weight excluding hydrogens is 467 g/mol. The molecule has 3 N–H and O–H groups in total. The van der Waals surface area contributed by atoms with Crippen molar-refractivity contribution < 1.29 is 14.3 Å². The van der Waals surface area contributed by atoms with E-state index in [-0.39, 0.29) is 11.8 Å². The van der Waals surface area contributed by atoms with E-state index in [0.717, 1.165) is 28.9 Å². The van der Waals surface area contributed by atoms with Crippen LogP contribution in [0.5, 0.6) is 5.88 Å². The summed E-state index contributed by atoms with van der Waals surface area (Å²) in [7, 11) is 4.04. The number of carbonyl (C=O) groups excluding carboxylic acids is 1. The van der Waals surface area contributed by atoms with E-state index < -0.39 is 11.2 Å². The third-order valence-electron chi connectivity index (χ3n) is 5.99. The molecule has 0 saturated heterocycles. The maximum Gasteiger partial charge on any atom is 0.225 e. The Morgan fingerprint density at radius 3 is 2.43 bits per heavy atom. The Morgan fingerprint density at radius 2 is 1.76 bits per heavy atom. The summed E-state index contributed by atoms with van der Waals surface area (Å²) in [6.07, 6.45) is 0. The van der Waals surface area contributed by atoms with Crippen molar-refractivity contribution >= 4 is 28.2 Å². The van der Waals surface area contributed by atoms with Gasteiger partial charge in [-0.25, -0.2) is 9.38 Å². The molecule has 0 bridgehead atoms. The van der Waals surface area contributed by atoms with Crippen LogP contribution in [0.4, 0.5) is 10.1 Å². The number of halogens is 1. The summed E-state index contributed by atoms with van der Waals surface area (Å²) in [6.45, 7) is 6.79. The Labute approximate surface area is 216 Å². The number of amides is 1. The Bertz CT molecular complexity index is 1450. The average molecular weight is 501 g/mol. The summed E-state index contributed by atoms with van der Waals surface area (Å²) in [6, 6.07) is 20.0. The highest BCUT2D eigenvalue weighted by molar-refractivity contribution is 6.21. The van der Waals surface area contributed by atoms with Crippen molar-refractivity contribution in [1.82, 2.24) is 15.2 Å². The first-order chi connectivity index (χ1) is 17.5. The Hall–Kier alpha value is -3.97. The van der Waals surface area contributed by atoms with Gasteiger partial charge in [0, 0.05) is 29.5 Å². The Kier molecular flexibility index (Phi) is 7.45. The van der Waals surface area contributed by atoms with Gasteiger partial charge in [-0.05, 0) is 61.6 Å². The highest BCUT2D eigenvalue weighted by Crippen LogP contribution is 2.32. The lowest BCUT2D eigenvalue weighted by atomic mass is 9.95. The second-order valence-electron chi connectivity index (χ2n) is 10.5. The molecule has 4 aromatic rings. The monoisotopic (exact) mass is 500 g/mol. The quantitative estimate of drug-likeness (QED) is 0.276. The molecule has 7 heteroatoms. The maximum absolute atomic E-state index is 13.9. The van der Waals surface area contributed by atoms with Crippen LogP contribution in [0.2, 0.25) is 0 Å². The van der Waals surface area contributed by atoms with Crippen molar-refractivity contribution in [2.24, 2.45) is 10.4 Å². The lowest BCUT2D eigenvalue weighted by Crippen LogP contribution is -2.34. The number of fused-ring (bicyclic) bond motifs is 1. The molecular formula is C30H33FN4O2. The number of nitrogens with one attached hydrogen (secondary N) is 2. The first-order valence-corrected chi connectivity index (χ1v) is 12.2. The van der Waals surface area contributed by atoms with Crippen molar-refractivity contribution in [3.8, 4) is 5.88 Å². The minimum absolute atomic E-state index is 0.0408. The van der Waals surface area contributed by atoms with Crippen LogP contribution in [-0.4, -0.2) is 40.7 Å². The topological polar surface area (TPSA) is 80.7 Å². The van der Waals surface area contributed by atoms with Crippen molar-refractivity contribution in [2.75, 3.05) is 14.1 Å². The molecule has 192 valence electrons. The van der Waals surface area contributed by atoms with E-state index in [9.17, 15) is 14.3 Å². The van der Waals surface area contributed by atoms with Gasteiger partial charge in [0.15, 0.2) is 5.88 Å². The van der Waals surface area contributed by atoms with Gasteiger partial charge < -0.3 is 20.3 Å². The molecule has 3 aromatic carbocycles. The smallest absolute Gasteiger partial charge is 0.225 e. The van der Waals surface area contributed by atoms with E-state index in [2.05, 4.69) is 15.2 Å². The van der Waals surface area contributed by atoms with Gasteiger partial charge >= 0.3 is 0 Å². The van der Waals surface area contributed by atoms with Crippen LogP contribution in [0.3, 0.4) is 0 Å². The number of rotatable bonds is 7. The lowest BCUT2D eigenvalue weighted by molar-refractivity contribution is -0.128. The first-order valence-electron chi connectivity index (χ1n) is 12.2. The molecule has 0 unspecified atom stereocenters. The number of aromatic hydroxyl groups is 1. The van der Waals surface area contributed by atoms with Crippen LogP contribution in [0.15, 0.2) is 71.7 Å². The van der Waals surface area contributed by atoms with Gasteiger partial charge in [-0.2, -0.15) is 0 Å². The molecule has 0 aliphatic rings. The minimum Gasteiger partial charge on any atom is -0.494 e. The number of hydrogen-bond acceptors (Lipinski definition) is 4. The van der Waals surface area contributed by atoms with Gasteiger partial charge in [0.2, 0.25) is 5.91 Å². The van der Waals surface area contributed by atoms with E-state index in [1.54, 1.807) is 6.07 Å². The third-order valence-corrected chi connectivity index (χ3v) is 5.99. The fraction of sp³-hybridized carbons (Fsp3) is 0.267. The number of aromatic amines is 1. The number of carbonyl (C=O) groups is 1. The normalized spacial score (nSPS) is 12.4. The average Bonchev–Trinajstić information content (AvgIpc) is 3.15. The SMILES string of the molecule is CN(C)Cc1ccc(N=C(c2cccc(CNC(=O)C(C)(C)C)c2)c2c(O)[nH]c3cc(F)ccc23)cc1. The summed E-state index contributed by atoms with van der Waals surface area (Å²) in [5, 5.41) is 14.5. The van der Waals surface area contributed by atoms with Gasteiger partial charge in [0.25, 0.3) is 0 Å². The maximum atomic E-state index is 13.9. The molecule has 6 nitrogen and oxygen atoms in total. The van der Waals surface area contributed by atoms with E-state index >= 15 is 0 Å². The van der Waals surface area contributed by atoms with Crippen LogP contribution in [0.25, 0.3) is 10.9 Å². The van der Waals surface area contributed by atoms with E-state index in [4.69, 9.17) is 4.99 Å². The number of aliphatic imine (C=N–C) groups is 1. The predicted molar refractivity (Wildman–Crippen MR) is 147 cm³/mol. The van der Waals surface area contributed by atoms with Crippen molar-refractivity contribution in [1.29, 1.82) is 0 Å². The zero-order chi connectivity index (χ0) is 26.7. The van der Waals surface area contributed by atoms with Crippen LogP contribution >= 0.6 is 0 Å². The molecule has 0 aliphatic heterocycles. The summed E-state index contributed by atoms with van der Waals surface area (Å²) in [4.78, 5) is 22.3. The van der Waals surface area contributed by atoms with Gasteiger partial charge in [-0.3, -0.25) is 4.79 Å². The second-order valence-corrected chi connectivity index (χ2v) is 10.5. The van der Waals surface area contributed by atoms with Crippen LogP contribution in [0.1, 0.15) is 43.0 Å². The lowest BCUT2D eigenvalue weighted by Gasteiger charge is -2.18. The Morgan fingerprint density at radius 1 is 1.03 bits per heavy atom. The zero-order valence-electron chi connectivity index (χ0n) is 21.9. The van der Waals surface area contributed by atoms with Gasteiger partial charge in [-0.15, -0.1) is 0 Å². The number of nitrogens with zero attached hydrogens (tertiary/aromatic N) is 2. The molecule has 0 aliphatic carbocycles. The minimum atomic E-state index is -0.492. The molecule has 0 atom stereocenters. The molecule has 0 spiro atoms. The molecule has 0 fully saturated rings. The summed E-state index contributed by atoms with van der Waals surface area (Å²) >= 11 is 0. The molecule has 37 heavy (non-hydrogen) atoms. The van der Waals surface area contributed by atoms with Gasteiger partial charge in [-0.1, -0.05) is 51.1 Å². The van der Waals surface area contributed by atoms with Gasteiger partial charge in [0.1, 0.15) is 5.82 Å². The molecule has 1 aromatic heterocycles. The fourth-order valence-electron chi connectivity index (χ4n) is 4.11. The second kappa shape index (κ2) is 10.6. The highest BCUT2D eigenvalue weighted by Gasteiger charge is 2.22. The predicted octanol–water partition coefficient (Wildman–Crippen LogP) is 5.91. The zero-order valence-corrected chi connectivity index (χ0v) is 21.9. The van der Waals surface area contributed by atoms with Gasteiger partial charge in [0.05, 0.1) is 22.5 Å². The van der Waals surface area contributed by atoms with Crippen LogP contribution in [-0.2, 0) is 17.9 Å². The van der Waals surface area contributed by atoms with E-state index in [1.165, 1.54) is 12.1 Å². The van der Waals surface area contributed by atoms with Crippen LogP contribution < -0.4 is 5.32 Å². The van der Waals surface area contributed by atoms with E-state index in [0.29, 0.717) is 28.7 Å². The molecule has 1 heterocycles. The summed E-state index contributed by atoms with van der Waals surface area (Å²) < 4.78 is 13.9. The standard InChI is InChI=1S/C30H33FN4O2/c1-30(2,3)29(37)32-17-20-7-6-8-21(15-20)27(33-23-12-9-19(10-13-23)18-35(4)5)26-24-14-11-22(31)16-25(24)34-28(26)36/h6-16,34,36H,17-18H2,1-5H3,(H,32,37). The largest absolute Gasteiger partial charge is 0.494 e. The van der Waals surface area contributed by atoms with Crippen molar-refractivity contribution in [3.05, 3.63) is 94.8 Å². The first kappa shape index (κ1) is 26.1. The molecule has 4 rings (SSSR count). The summed E-state index contributed by atoms with van der Waals surface area (Å²) in [5.41, 5.74) is 4.56. The number of H-pyrrole nitrogens is 1. The van der Waals surface area contributed by atoms with Crippen molar-refractivity contribution in [2.45, 2.75) is 33.9 Å². The summed E-state index contributed by atoms with van der Waals surface area (Å²) in [5.74, 6) is -0.525. The third kappa shape index (κ3) is 6.24.